The minimum Gasteiger partial charge on any atom is -0.353 e. The molecule has 0 aliphatic rings. The summed E-state index contributed by atoms with van der Waals surface area (Å²) in [6.07, 6.45) is 4.29. The summed E-state index contributed by atoms with van der Waals surface area (Å²) in [7, 11) is 0. The van der Waals surface area contributed by atoms with E-state index in [1.807, 2.05) is 0 Å². The normalized spacial score (nSPS) is 10.6. The minimum atomic E-state index is -0.314. The molecule has 0 bridgehead atoms. The van der Waals surface area contributed by atoms with Crippen LogP contribution in [-0.4, -0.2) is 31.6 Å². The lowest BCUT2D eigenvalue weighted by Crippen LogP contribution is -2.36. The molecule has 0 aliphatic carbocycles. The van der Waals surface area contributed by atoms with Gasteiger partial charge in [-0.3, -0.25) is 23.5 Å². The molecule has 0 saturated heterocycles. The highest BCUT2D eigenvalue weighted by Crippen LogP contribution is 1.94. The molecular formula is C15H19N5O3. The Hall–Kier alpha value is -2.77. The smallest absolute Gasteiger partial charge is 0.256 e. The lowest BCUT2D eigenvalue weighted by atomic mass is 10.3. The molecule has 0 radical (unpaired) electrons. The van der Waals surface area contributed by atoms with Crippen molar-refractivity contribution < 1.29 is 4.79 Å². The number of carbonyl (C=O) groups is 1. The van der Waals surface area contributed by atoms with Crippen molar-refractivity contribution in [3.8, 4) is 0 Å². The lowest BCUT2D eigenvalue weighted by molar-refractivity contribution is -0.121. The van der Waals surface area contributed by atoms with Gasteiger partial charge in [0.05, 0.1) is 12.7 Å². The van der Waals surface area contributed by atoms with Crippen molar-refractivity contribution >= 4 is 5.91 Å². The third-order valence-electron chi connectivity index (χ3n) is 3.58. The van der Waals surface area contributed by atoms with Gasteiger partial charge in [-0.2, -0.15) is 0 Å². The van der Waals surface area contributed by atoms with Gasteiger partial charge in [-0.15, -0.1) is 0 Å². The van der Waals surface area contributed by atoms with Crippen LogP contribution in [0.5, 0.6) is 0 Å². The summed E-state index contributed by atoms with van der Waals surface area (Å²) in [5, 5.41) is 2.67. The van der Waals surface area contributed by atoms with E-state index in [4.69, 9.17) is 0 Å². The molecule has 1 amide bonds. The molecule has 0 aliphatic heterocycles. The molecule has 8 heteroatoms. The zero-order valence-electron chi connectivity index (χ0n) is 13.4. The molecule has 0 fully saturated rings. The molecule has 0 spiro atoms. The van der Waals surface area contributed by atoms with Gasteiger partial charge >= 0.3 is 0 Å². The first-order valence-corrected chi connectivity index (χ1v) is 7.20. The van der Waals surface area contributed by atoms with Gasteiger partial charge in [0.2, 0.25) is 5.91 Å². The average Bonchev–Trinajstić information content (AvgIpc) is 2.52. The van der Waals surface area contributed by atoms with E-state index in [1.54, 1.807) is 20.8 Å². The van der Waals surface area contributed by atoms with Gasteiger partial charge in [0.15, 0.2) is 0 Å². The van der Waals surface area contributed by atoms with E-state index >= 15 is 0 Å². The van der Waals surface area contributed by atoms with E-state index in [9.17, 15) is 14.4 Å². The molecule has 0 aromatic carbocycles. The fourth-order valence-corrected chi connectivity index (χ4v) is 2.03. The molecule has 2 rings (SSSR count). The van der Waals surface area contributed by atoms with Crippen molar-refractivity contribution in [1.82, 2.24) is 24.4 Å². The van der Waals surface area contributed by atoms with Gasteiger partial charge in [0.25, 0.3) is 11.1 Å². The van der Waals surface area contributed by atoms with Crippen molar-refractivity contribution in [2.24, 2.45) is 0 Å². The Balaban J connectivity index is 1.94. The quantitative estimate of drug-likeness (QED) is 0.804. The van der Waals surface area contributed by atoms with Crippen LogP contribution in [0, 0.1) is 20.8 Å². The average molecular weight is 317 g/mol. The molecule has 1 N–H and O–H groups in total. The van der Waals surface area contributed by atoms with Gasteiger partial charge in [-0.1, -0.05) is 0 Å². The number of amides is 1. The summed E-state index contributed by atoms with van der Waals surface area (Å²) in [5.74, 6) is -0.314. The Kier molecular flexibility index (Phi) is 5.05. The van der Waals surface area contributed by atoms with Crippen LogP contribution in [0.4, 0.5) is 0 Å². The Labute approximate surface area is 132 Å². The van der Waals surface area contributed by atoms with E-state index in [1.165, 1.54) is 28.0 Å². The van der Waals surface area contributed by atoms with Crippen LogP contribution in [0.25, 0.3) is 0 Å². The van der Waals surface area contributed by atoms with Crippen molar-refractivity contribution in [3.05, 3.63) is 56.4 Å². The lowest BCUT2D eigenvalue weighted by Gasteiger charge is -2.09. The number of nitrogens with zero attached hydrogens (tertiary/aromatic N) is 4. The molecule has 2 aromatic heterocycles. The SMILES string of the molecule is Cc1ncn(CC(=O)NCCn2cncc(C)c2=O)c(=O)c1C. The standard InChI is InChI=1S/C15H19N5O3/c1-10-6-16-8-19(14(10)22)5-4-17-13(21)7-20-9-18-12(3)11(2)15(20)23/h6,8-9H,4-5,7H2,1-3H3,(H,17,21). The van der Waals surface area contributed by atoms with Crippen LogP contribution in [-0.2, 0) is 17.9 Å². The van der Waals surface area contributed by atoms with Crippen LogP contribution in [0.2, 0.25) is 0 Å². The Morgan fingerprint density at radius 1 is 1.13 bits per heavy atom. The summed E-state index contributed by atoms with van der Waals surface area (Å²) in [6, 6.07) is 0. The summed E-state index contributed by atoms with van der Waals surface area (Å²) < 4.78 is 2.69. The van der Waals surface area contributed by atoms with E-state index in [-0.39, 0.29) is 30.1 Å². The number of aryl methyl sites for hydroxylation is 2. The Morgan fingerprint density at radius 3 is 2.61 bits per heavy atom. The predicted molar refractivity (Wildman–Crippen MR) is 84.2 cm³/mol. The van der Waals surface area contributed by atoms with Crippen molar-refractivity contribution in [2.75, 3.05) is 6.54 Å². The van der Waals surface area contributed by atoms with Gasteiger partial charge in [-0.25, -0.2) is 9.97 Å². The number of aromatic nitrogens is 4. The van der Waals surface area contributed by atoms with E-state index in [0.29, 0.717) is 23.4 Å². The number of hydrogen-bond acceptors (Lipinski definition) is 5. The molecule has 0 atom stereocenters. The molecule has 2 heterocycles. The summed E-state index contributed by atoms with van der Waals surface area (Å²) in [6.45, 7) is 5.60. The van der Waals surface area contributed by atoms with Gasteiger partial charge in [-0.05, 0) is 20.8 Å². The number of rotatable bonds is 5. The molecule has 2 aromatic rings. The summed E-state index contributed by atoms with van der Waals surface area (Å²) >= 11 is 0. The highest BCUT2D eigenvalue weighted by molar-refractivity contribution is 5.75. The Bertz CT molecular complexity index is 838. The first-order valence-electron chi connectivity index (χ1n) is 7.20. The number of nitrogens with one attached hydrogen (secondary N) is 1. The van der Waals surface area contributed by atoms with Crippen LogP contribution in [0.1, 0.15) is 16.8 Å². The number of carbonyl (C=O) groups excluding carboxylic acids is 1. The maximum atomic E-state index is 12.0. The largest absolute Gasteiger partial charge is 0.353 e. The second-order valence-corrected chi connectivity index (χ2v) is 5.31. The van der Waals surface area contributed by atoms with Crippen LogP contribution >= 0.6 is 0 Å². The molecule has 8 nitrogen and oxygen atoms in total. The third kappa shape index (κ3) is 3.91. The highest BCUT2D eigenvalue weighted by atomic mass is 16.2. The molecule has 0 unspecified atom stereocenters. The van der Waals surface area contributed by atoms with Gasteiger partial charge in [0.1, 0.15) is 6.54 Å². The summed E-state index contributed by atoms with van der Waals surface area (Å²) in [5.41, 5.74) is 1.36. The van der Waals surface area contributed by atoms with Crippen LogP contribution in [0.15, 0.2) is 28.4 Å². The molecule has 23 heavy (non-hydrogen) atoms. The number of hydrogen-bond donors (Lipinski definition) is 1. The van der Waals surface area contributed by atoms with Crippen molar-refractivity contribution in [2.45, 2.75) is 33.9 Å². The zero-order chi connectivity index (χ0) is 17.0. The van der Waals surface area contributed by atoms with Crippen molar-refractivity contribution in [1.29, 1.82) is 0 Å². The van der Waals surface area contributed by atoms with Gasteiger partial charge < -0.3 is 5.32 Å². The second kappa shape index (κ2) is 6.99. The fraction of sp³-hybridized carbons (Fsp3) is 0.400. The molecular weight excluding hydrogens is 298 g/mol. The minimum absolute atomic E-state index is 0.103. The van der Waals surface area contributed by atoms with E-state index in [2.05, 4.69) is 15.3 Å². The summed E-state index contributed by atoms with van der Waals surface area (Å²) in [4.78, 5) is 43.7. The van der Waals surface area contributed by atoms with Crippen LogP contribution in [0.3, 0.4) is 0 Å². The Morgan fingerprint density at radius 2 is 1.87 bits per heavy atom. The van der Waals surface area contributed by atoms with Gasteiger partial charge in [0, 0.05) is 36.1 Å². The monoisotopic (exact) mass is 317 g/mol. The maximum Gasteiger partial charge on any atom is 0.256 e. The molecule has 122 valence electrons. The second-order valence-electron chi connectivity index (χ2n) is 5.31. The third-order valence-corrected chi connectivity index (χ3v) is 3.58. The fourth-order valence-electron chi connectivity index (χ4n) is 2.03. The topological polar surface area (TPSA) is 98.9 Å². The first kappa shape index (κ1) is 16.6. The van der Waals surface area contributed by atoms with Crippen molar-refractivity contribution in [3.63, 3.8) is 0 Å². The molecule has 0 saturated carbocycles. The predicted octanol–water partition coefficient (Wildman–Crippen LogP) is -0.458. The first-order chi connectivity index (χ1) is 10.9. The highest BCUT2D eigenvalue weighted by Gasteiger charge is 2.08. The zero-order valence-corrected chi connectivity index (χ0v) is 13.4. The van der Waals surface area contributed by atoms with Crippen LogP contribution < -0.4 is 16.4 Å². The van der Waals surface area contributed by atoms with E-state index in [0.717, 1.165) is 0 Å². The van der Waals surface area contributed by atoms with E-state index < -0.39 is 0 Å². The maximum absolute atomic E-state index is 12.0.